The topological polar surface area (TPSA) is 26.3 Å². The third-order valence-corrected chi connectivity index (χ3v) is 5.23. The number of hydrogen-bond donors (Lipinski definition) is 0. The number of hydrogen-bond acceptors (Lipinski definition) is 2. The first-order valence-corrected chi connectivity index (χ1v) is 12.8. The van der Waals surface area contributed by atoms with Crippen molar-refractivity contribution in [2.24, 2.45) is 11.3 Å². The van der Waals surface area contributed by atoms with E-state index in [0.717, 1.165) is 12.3 Å². The number of methoxy groups -OCH3 is 1. The smallest absolute Gasteiger partial charge is 0.305 e. The van der Waals surface area contributed by atoms with E-state index >= 15 is 0 Å². The van der Waals surface area contributed by atoms with Crippen molar-refractivity contribution in [3.8, 4) is 0 Å². The van der Waals surface area contributed by atoms with Crippen molar-refractivity contribution in [3.63, 3.8) is 0 Å². The summed E-state index contributed by atoms with van der Waals surface area (Å²) in [4.78, 5) is 10.9. The van der Waals surface area contributed by atoms with E-state index in [9.17, 15) is 4.79 Å². The van der Waals surface area contributed by atoms with Gasteiger partial charge in [-0.25, -0.2) is 0 Å². The Hall–Kier alpha value is -0.530. The van der Waals surface area contributed by atoms with Crippen LogP contribution in [0.3, 0.4) is 0 Å². The molecule has 0 bridgehead atoms. The van der Waals surface area contributed by atoms with Gasteiger partial charge in [-0.1, -0.05) is 131 Å². The highest BCUT2D eigenvalue weighted by atomic mass is 16.5. The van der Waals surface area contributed by atoms with Crippen molar-refractivity contribution in [2.45, 2.75) is 151 Å². The summed E-state index contributed by atoms with van der Waals surface area (Å²) in [6.45, 7) is 13.7. The minimum atomic E-state index is -0.0651. The van der Waals surface area contributed by atoms with Crippen molar-refractivity contribution >= 4 is 5.97 Å². The Morgan fingerprint density at radius 3 is 1.28 bits per heavy atom. The summed E-state index contributed by atoms with van der Waals surface area (Å²) in [6, 6.07) is 0. The third-order valence-electron chi connectivity index (χ3n) is 5.23. The largest absolute Gasteiger partial charge is 0.469 e. The molecule has 176 valence electrons. The fourth-order valence-corrected chi connectivity index (χ4v) is 3.97. The lowest BCUT2D eigenvalue weighted by atomic mass is 9.86. The van der Waals surface area contributed by atoms with Crippen LogP contribution in [0.25, 0.3) is 0 Å². The van der Waals surface area contributed by atoms with Gasteiger partial charge in [-0.2, -0.15) is 0 Å². The van der Waals surface area contributed by atoms with Gasteiger partial charge in [0, 0.05) is 6.42 Å². The minimum absolute atomic E-state index is 0.0651. The number of ether oxygens (including phenoxy) is 1. The molecule has 29 heavy (non-hydrogen) atoms. The number of rotatable bonds is 17. The molecular formula is C27H56O2. The zero-order valence-corrected chi connectivity index (χ0v) is 21.4. The summed E-state index contributed by atoms with van der Waals surface area (Å²) < 4.78 is 4.63. The molecule has 0 unspecified atom stereocenters. The van der Waals surface area contributed by atoms with E-state index in [1.54, 1.807) is 0 Å². The van der Waals surface area contributed by atoms with E-state index in [4.69, 9.17) is 0 Å². The summed E-state index contributed by atoms with van der Waals surface area (Å²) in [6.07, 6.45) is 22.3. The first kappa shape index (κ1) is 30.7. The molecule has 0 atom stereocenters. The van der Waals surface area contributed by atoms with Crippen molar-refractivity contribution in [1.82, 2.24) is 0 Å². The molecule has 0 amide bonds. The molecule has 0 rings (SSSR count). The van der Waals surface area contributed by atoms with Gasteiger partial charge in [-0.3, -0.25) is 4.79 Å². The van der Waals surface area contributed by atoms with Crippen molar-refractivity contribution in [2.75, 3.05) is 7.11 Å². The van der Waals surface area contributed by atoms with E-state index in [1.807, 2.05) is 0 Å². The summed E-state index contributed by atoms with van der Waals surface area (Å²) >= 11 is 0. The molecule has 0 aromatic rings. The maximum absolute atomic E-state index is 10.9. The Labute approximate surface area is 185 Å². The standard InChI is InChI=1S/C19H38O2.C8H18/c1-3-4-5-6-7-8-9-10-11-12-13-14-15-16-17-18-19(20)21-2;1-7(2)6-8(3,4)5/h3-18H2,1-2H3;7H,6H2,1-5H3. The fourth-order valence-electron chi connectivity index (χ4n) is 3.97. The van der Waals surface area contributed by atoms with Gasteiger partial charge >= 0.3 is 5.97 Å². The van der Waals surface area contributed by atoms with Gasteiger partial charge in [0.05, 0.1) is 7.11 Å². The monoisotopic (exact) mass is 412 g/mol. The van der Waals surface area contributed by atoms with Gasteiger partial charge in [0.15, 0.2) is 0 Å². The summed E-state index contributed by atoms with van der Waals surface area (Å²) in [5, 5.41) is 0. The second kappa shape index (κ2) is 22.2. The van der Waals surface area contributed by atoms with Crippen molar-refractivity contribution < 1.29 is 9.53 Å². The molecule has 0 saturated carbocycles. The van der Waals surface area contributed by atoms with Crippen LogP contribution in [0, 0.1) is 11.3 Å². The molecule has 0 aromatic carbocycles. The molecule has 2 nitrogen and oxygen atoms in total. The molecule has 0 saturated heterocycles. The Kier molecular flexibility index (Phi) is 23.4. The van der Waals surface area contributed by atoms with Gasteiger partial charge in [0.25, 0.3) is 0 Å². The van der Waals surface area contributed by atoms with Crippen LogP contribution in [0.4, 0.5) is 0 Å². The van der Waals surface area contributed by atoms with Crippen LogP contribution < -0.4 is 0 Å². The first-order chi connectivity index (χ1) is 13.7. The lowest BCUT2D eigenvalue weighted by Crippen LogP contribution is -2.08. The molecule has 0 fully saturated rings. The zero-order chi connectivity index (χ0) is 22.4. The maximum Gasteiger partial charge on any atom is 0.305 e. The lowest BCUT2D eigenvalue weighted by Gasteiger charge is -2.19. The lowest BCUT2D eigenvalue weighted by molar-refractivity contribution is -0.140. The van der Waals surface area contributed by atoms with Gasteiger partial charge in [0.1, 0.15) is 0 Å². The number of esters is 1. The average molecular weight is 413 g/mol. The van der Waals surface area contributed by atoms with E-state index in [0.29, 0.717) is 11.8 Å². The van der Waals surface area contributed by atoms with Gasteiger partial charge < -0.3 is 4.74 Å². The fraction of sp³-hybridized carbons (Fsp3) is 0.963. The van der Waals surface area contributed by atoms with E-state index in [1.165, 1.54) is 103 Å². The van der Waals surface area contributed by atoms with Crippen molar-refractivity contribution in [1.29, 1.82) is 0 Å². The predicted molar refractivity (Wildman–Crippen MR) is 130 cm³/mol. The van der Waals surface area contributed by atoms with Crippen LogP contribution >= 0.6 is 0 Å². The Morgan fingerprint density at radius 2 is 1.03 bits per heavy atom. The molecule has 0 radical (unpaired) electrons. The van der Waals surface area contributed by atoms with E-state index in [-0.39, 0.29) is 5.97 Å². The summed E-state index contributed by atoms with van der Waals surface area (Å²) in [7, 11) is 1.47. The Balaban J connectivity index is 0. The third kappa shape index (κ3) is 32.4. The normalized spacial score (nSPS) is 11.3. The van der Waals surface area contributed by atoms with E-state index < -0.39 is 0 Å². The highest BCUT2D eigenvalue weighted by molar-refractivity contribution is 5.68. The highest BCUT2D eigenvalue weighted by Crippen LogP contribution is 2.23. The second-order valence-electron chi connectivity index (χ2n) is 10.4. The van der Waals surface area contributed by atoms with Crippen LogP contribution in [0.15, 0.2) is 0 Å². The minimum Gasteiger partial charge on any atom is -0.469 e. The van der Waals surface area contributed by atoms with Crippen LogP contribution in [0.2, 0.25) is 0 Å². The molecule has 2 heteroatoms. The SMILES string of the molecule is CC(C)CC(C)(C)C.CCCCCCCCCCCCCCCCCC(=O)OC. The quantitative estimate of drug-likeness (QED) is 0.175. The average Bonchev–Trinajstić information content (AvgIpc) is 2.63. The Morgan fingerprint density at radius 1 is 0.690 bits per heavy atom. The van der Waals surface area contributed by atoms with Gasteiger partial charge in [-0.15, -0.1) is 0 Å². The number of unbranched alkanes of at least 4 members (excludes halogenated alkanes) is 14. The Bertz CT molecular complexity index is 328. The molecule has 0 spiro atoms. The van der Waals surface area contributed by atoms with Crippen LogP contribution in [-0.4, -0.2) is 13.1 Å². The van der Waals surface area contributed by atoms with Crippen LogP contribution in [-0.2, 0) is 9.53 Å². The van der Waals surface area contributed by atoms with Gasteiger partial charge in [0.2, 0.25) is 0 Å². The van der Waals surface area contributed by atoms with E-state index in [2.05, 4.69) is 46.3 Å². The zero-order valence-electron chi connectivity index (χ0n) is 21.4. The maximum atomic E-state index is 10.9. The summed E-state index contributed by atoms with van der Waals surface area (Å²) in [5.41, 5.74) is 0.522. The summed E-state index contributed by atoms with van der Waals surface area (Å²) in [5.74, 6) is 0.777. The van der Waals surface area contributed by atoms with Crippen LogP contribution in [0.5, 0.6) is 0 Å². The molecule has 0 aliphatic heterocycles. The molecule has 0 aliphatic rings. The molecule has 0 N–H and O–H groups in total. The first-order valence-electron chi connectivity index (χ1n) is 12.8. The molecule has 0 aliphatic carbocycles. The number of carbonyl (C=O) groups excluding carboxylic acids is 1. The van der Waals surface area contributed by atoms with Crippen LogP contribution in [0.1, 0.15) is 151 Å². The molecule has 0 heterocycles. The van der Waals surface area contributed by atoms with Crippen molar-refractivity contribution in [3.05, 3.63) is 0 Å². The van der Waals surface area contributed by atoms with Gasteiger partial charge in [-0.05, 0) is 24.2 Å². The molecular weight excluding hydrogens is 356 g/mol. The number of carbonyl (C=O) groups is 1. The predicted octanol–water partition coefficient (Wildman–Crippen LogP) is 9.50. The molecule has 0 aromatic heterocycles. The second-order valence-corrected chi connectivity index (χ2v) is 10.4. The highest BCUT2D eigenvalue weighted by Gasteiger charge is 2.11.